The third kappa shape index (κ3) is 7.73. The van der Waals surface area contributed by atoms with Gasteiger partial charge in [-0.25, -0.2) is 0 Å². The summed E-state index contributed by atoms with van der Waals surface area (Å²) in [5, 5.41) is 8.32. The molecular formula is C13H20F6N3PU-. The Morgan fingerprint density at radius 2 is 1.25 bits per heavy atom. The van der Waals surface area contributed by atoms with Crippen LogP contribution in [0.4, 0.5) is 25.2 Å². The third-order valence-corrected chi connectivity index (χ3v) is 13.7. The average Bonchev–Trinajstić information content (AvgIpc) is 2.51. The molecule has 0 aliphatic rings. The summed E-state index contributed by atoms with van der Waals surface area (Å²) in [5.41, 5.74) is 1.59. The Balaban J connectivity index is 0.000000351. The first-order valence-electron chi connectivity index (χ1n) is 6.68. The fourth-order valence-electron chi connectivity index (χ4n) is 1.78. The van der Waals surface area contributed by atoms with Crippen molar-refractivity contribution in [3.8, 4) is 0 Å². The fraction of sp³-hybridized carbons (Fsp3) is 0.154. The van der Waals surface area contributed by atoms with E-state index in [0.717, 1.165) is 11.0 Å². The summed E-state index contributed by atoms with van der Waals surface area (Å²) in [7, 11) is -10.7. The summed E-state index contributed by atoms with van der Waals surface area (Å²) in [4.78, 5) is 0. The standard InChI is InChI=1S/C6H4N3.2CH3.5CH2.F6P.U/c1-2-4-6-5(3-1)7-9-8-6;;;;;;;;1-7(2,3,4,5)6;/h1-4H;2*1H3;5*1H2;;/q-1;;;;;;;;-1;+1. The molecule has 0 aliphatic carbocycles. The SMILES string of the molecule is F[P-](F)(F)(F)(F)F.[CH2]=[U](=[CH2])(=[CH2])(=[CH2])(=[CH2])([CH3])([CH3])[n]1nnc2ccccc21. The molecule has 0 bridgehead atoms. The summed E-state index contributed by atoms with van der Waals surface area (Å²) < 4.78 is 86.0. The quantitative estimate of drug-likeness (QED) is 0.336. The normalized spacial score (nSPS) is 22.3. The van der Waals surface area contributed by atoms with Gasteiger partial charge in [0.1, 0.15) is 0 Å². The average molecular weight is 601 g/mol. The molecule has 139 valence electrons. The van der Waals surface area contributed by atoms with Gasteiger partial charge in [-0.15, -0.1) is 0 Å². The number of benzene rings is 1. The van der Waals surface area contributed by atoms with Crippen LogP contribution in [0, 0.1) is 15.4 Å². The van der Waals surface area contributed by atoms with Crippen LogP contribution in [0.1, 0.15) is 0 Å². The van der Waals surface area contributed by atoms with Crippen LogP contribution >= 0.6 is 7.81 Å². The first kappa shape index (κ1) is 21.1. The van der Waals surface area contributed by atoms with Crippen molar-refractivity contribution in [3.05, 3.63) is 24.3 Å². The molecule has 0 saturated carbocycles. The van der Waals surface area contributed by atoms with Crippen LogP contribution in [-0.4, -0.2) is 30.0 Å². The summed E-state index contributed by atoms with van der Waals surface area (Å²) >= 11 is -5.82. The van der Waals surface area contributed by atoms with Crippen molar-refractivity contribution in [2.75, 3.05) is 0 Å². The number of hydrogen-bond acceptors (Lipinski definition) is 2. The van der Waals surface area contributed by atoms with E-state index in [0.29, 0.717) is 0 Å². The molecule has 2 aromatic rings. The Morgan fingerprint density at radius 3 is 1.62 bits per heavy atom. The van der Waals surface area contributed by atoms with Gasteiger partial charge in [0.15, 0.2) is 0 Å². The predicted octanol–water partition coefficient (Wildman–Crippen LogP) is 5.13. The van der Waals surface area contributed by atoms with Crippen LogP contribution in [-0.2, 0) is 0 Å². The van der Waals surface area contributed by atoms with Gasteiger partial charge in [-0.05, 0) is 0 Å². The van der Waals surface area contributed by atoms with Gasteiger partial charge in [-0.1, -0.05) is 0 Å². The second-order valence-electron chi connectivity index (χ2n) is 10.7. The number of rotatable bonds is 1. The van der Waals surface area contributed by atoms with Gasteiger partial charge < -0.3 is 0 Å². The van der Waals surface area contributed by atoms with E-state index >= 15 is 0 Å². The van der Waals surface area contributed by atoms with Crippen molar-refractivity contribution in [1.82, 2.24) is 12.3 Å². The Hall–Kier alpha value is -0.968. The molecule has 0 radical (unpaired) electrons. The number of halogens is 6. The van der Waals surface area contributed by atoms with Crippen LogP contribution in [0.5, 0.6) is 0 Å². The molecule has 0 aliphatic heterocycles. The van der Waals surface area contributed by atoms with Crippen molar-refractivity contribution in [2.45, 2.75) is 7.92 Å². The minimum atomic E-state index is -10.7. The monoisotopic (exact) mass is 601 g/mol. The molecular weight excluding hydrogens is 581 g/mol. The van der Waals surface area contributed by atoms with Gasteiger partial charge in [-0.2, -0.15) is 0 Å². The molecule has 0 unspecified atom stereocenters. The molecule has 1 aromatic carbocycles. The maximum atomic E-state index is 9.87. The van der Waals surface area contributed by atoms with Gasteiger partial charge >= 0.3 is 122 Å². The van der Waals surface area contributed by atoms with Crippen LogP contribution in [0.15, 0.2) is 24.3 Å². The van der Waals surface area contributed by atoms with E-state index in [-0.39, 0.29) is 0 Å². The van der Waals surface area contributed by atoms with Crippen molar-refractivity contribution < 1.29 is 40.6 Å². The summed E-state index contributed by atoms with van der Waals surface area (Å²) in [5.74, 6) is 0. The Bertz CT molecular complexity index is 1420. The molecule has 2 rings (SSSR count). The molecule has 0 amide bonds. The second-order valence-corrected chi connectivity index (χ2v) is 79.1. The zero-order valence-corrected chi connectivity index (χ0v) is 18.5. The van der Waals surface area contributed by atoms with Gasteiger partial charge in [0, 0.05) is 0 Å². The van der Waals surface area contributed by atoms with Crippen LogP contribution in [0.25, 0.3) is 11.0 Å². The van der Waals surface area contributed by atoms with E-state index in [4.69, 9.17) is 0 Å². The van der Waals surface area contributed by atoms with Crippen molar-refractivity contribution in [3.63, 3.8) is 0 Å². The Labute approximate surface area is 121 Å². The molecule has 0 atom stereocenters. The van der Waals surface area contributed by atoms with Gasteiger partial charge in [0.25, 0.3) is 0 Å². The fourth-order valence-corrected chi connectivity index (χ4v) is 10.4. The number of aromatic nitrogens is 3. The number of hydrogen-bond donors (Lipinski definition) is 0. The topological polar surface area (TPSA) is 30.7 Å². The van der Waals surface area contributed by atoms with Crippen molar-refractivity contribution in [2.24, 2.45) is 0 Å². The zero-order chi connectivity index (χ0) is 19.7. The molecule has 0 N–H and O–H groups in total. The first-order valence-corrected chi connectivity index (χ1v) is 33.6. The second kappa shape index (κ2) is 3.00. The van der Waals surface area contributed by atoms with Crippen LogP contribution in [0.3, 0.4) is 0 Å². The van der Waals surface area contributed by atoms with E-state index in [1.807, 2.05) is 32.2 Å². The summed E-state index contributed by atoms with van der Waals surface area (Å²) in [6.45, 7) is 0. The molecule has 1 heterocycles. The maximum absolute atomic E-state index is 10.7. The first-order chi connectivity index (χ1) is 9.43. The molecule has 0 spiro atoms. The third-order valence-electron chi connectivity index (χ3n) is 2.52. The molecule has 0 fully saturated rings. The van der Waals surface area contributed by atoms with Gasteiger partial charge in [0.2, 0.25) is 0 Å². The minimum absolute atomic E-state index is 0.770. The summed E-state index contributed by atoms with van der Waals surface area (Å²) in [6.07, 6.45) is 0. The summed E-state index contributed by atoms with van der Waals surface area (Å²) in [6, 6.07) is 7.61. The van der Waals surface area contributed by atoms with E-state index in [1.165, 1.54) is 0 Å². The zero-order valence-electron chi connectivity index (χ0n) is 13.4. The van der Waals surface area contributed by atoms with Gasteiger partial charge in [0.05, 0.1) is 0 Å². The van der Waals surface area contributed by atoms with E-state index in [1.54, 1.807) is 2.02 Å². The van der Waals surface area contributed by atoms with E-state index in [2.05, 4.69) is 28.0 Å². The van der Waals surface area contributed by atoms with Gasteiger partial charge in [-0.3, -0.25) is 0 Å². The molecule has 0 saturated heterocycles. The molecule has 24 heavy (non-hydrogen) atoms. The van der Waals surface area contributed by atoms with Crippen LogP contribution < -0.4 is 0 Å². The van der Waals surface area contributed by atoms with E-state index in [9.17, 15) is 25.2 Å². The van der Waals surface area contributed by atoms with Crippen LogP contribution in [0.2, 0.25) is 7.92 Å². The van der Waals surface area contributed by atoms with Crippen molar-refractivity contribution in [1.29, 1.82) is 0 Å². The number of nitrogens with zero attached hydrogens (tertiary/aromatic N) is 3. The predicted molar refractivity (Wildman–Crippen MR) is 93.8 cm³/mol. The molecule has 1 aromatic heterocycles. The number of para-hydroxylation sites is 1. The van der Waals surface area contributed by atoms with Crippen molar-refractivity contribution >= 4 is 36.5 Å². The van der Waals surface area contributed by atoms with E-state index < -0.39 is 23.2 Å². The Kier molecular flexibility index (Phi) is 2.63. The number of fused-ring (bicyclic) bond motifs is 1. The molecule has 11 heteroatoms. The Morgan fingerprint density at radius 1 is 0.875 bits per heavy atom. The molecule has 3 nitrogen and oxygen atoms in total.